The quantitative estimate of drug-likeness (QED) is 0.879. The number of ether oxygens (including phenoxy) is 1. The Kier molecular flexibility index (Phi) is 4.47. The molecular weight excluding hydrogens is 264 g/mol. The molecule has 1 aromatic heterocycles. The van der Waals surface area contributed by atoms with Crippen molar-refractivity contribution in [2.24, 2.45) is 0 Å². The number of halogens is 1. The predicted octanol–water partition coefficient (Wildman–Crippen LogP) is 3.45. The number of phenols is 1. The van der Waals surface area contributed by atoms with E-state index in [9.17, 15) is 5.11 Å². The standard InChI is InChI=1S/C14H15ClN2O2/c1-2-19-13-5-3-4-10(14(13)18)8-17-12-9-16-7-6-11(12)15/h3-7,9,17-18H,2,8H2,1H3. The highest BCUT2D eigenvalue weighted by atomic mass is 35.5. The molecule has 0 radical (unpaired) electrons. The van der Waals surface area contributed by atoms with Gasteiger partial charge in [0, 0.05) is 18.3 Å². The number of phenolic OH excluding ortho intramolecular Hbond substituents is 1. The van der Waals surface area contributed by atoms with Crippen LogP contribution in [0.3, 0.4) is 0 Å². The molecule has 0 atom stereocenters. The number of aromatic hydroxyl groups is 1. The van der Waals surface area contributed by atoms with Crippen LogP contribution in [-0.4, -0.2) is 16.7 Å². The van der Waals surface area contributed by atoms with E-state index in [1.165, 1.54) is 0 Å². The molecule has 100 valence electrons. The first kappa shape index (κ1) is 13.5. The number of hydrogen-bond acceptors (Lipinski definition) is 4. The van der Waals surface area contributed by atoms with Crippen LogP contribution in [-0.2, 0) is 6.54 Å². The largest absolute Gasteiger partial charge is 0.504 e. The molecule has 0 aliphatic heterocycles. The number of anilines is 1. The fourth-order valence-electron chi connectivity index (χ4n) is 1.68. The zero-order valence-electron chi connectivity index (χ0n) is 10.6. The van der Waals surface area contributed by atoms with Crippen LogP contribution in [0.1, 0.15) is 12.5 Å². The minimum atomic E-state index is 0.150. The number of hydrogen-bond donors (Lipinski definition) is 2. The smallest absolute Gasteiger partial charge is 0.162 e. The topological polar surface area (TPSA) is 54.4 Å². The van der Waals surface area contributed by atoms with Gasteiger partial charge in [-0.3, -0.25) is 4.98 Å². The molecule has 0 aliphatic rings. The summed E-state index contributed by atoms with van der Waals surface area (Å²) in [6.07, 6.45) is 3.27. The lowest BCUT2D eigenvalue weighted by Crippen LogP contribution is -2.02. The van der Waals surface area contributed by atoms with Crippen LogP contribution >= 0.6 is 11.6 Å². The molecule has 2 aromatic rings. The van der Waals surface area contributed by atoms with Crippen LogP contribution < -0.4 is 10.1 Å². The third-order valence-corrected chi connectivity index (χ3v) is 2.95. The molecule has 5 heteroatoms. The number of nitrogens with one attached hydrogen (secondary N) is 1. The summed E-state index contributed by atoms with van der Waals surface area (Å²) in [5.41, 5.74) is 1.47. The molecule has 0 spiro atoms. The van der Waals surface area contributed by atoms with E-state index in [1.807, 2.05) is 19.1 Å². The van der Waals surface area contributed by atoms with E-state index in [2.05, 4.69) is 10.3 Å². The second kappa shape index (κ2) is 6.29. The first-order valence-corrected chi connectivity index (χ1v) is 6.37. The molecule has 0 aliphatic carbocycles. The summed E-state index contributed by atoms with van der Waals surface area (Å²) in [4.78, 5) is 3.99. The van der Waals surface area contributed by atoms with Gasteiger partial charge in [0.1, 0.15) is 0 Å². The summed E-state index contributed by atoms with van der Waals surface area (Å²) in [6.45, 7) is 2.83. The molecule has 0 amide bonds. The Bertz CT molecular complexity index is 561. The fraction of sp³-hybridized carbons (Fsp3) is 0.214. The number of nitrogens with zero attached hydrogens (tertiary/aromatic N) is 1. The molecule has 4 nitrogen and oxygen atoms in total. The van der Waals surface area contributed by atoms with Crippen LogP contribution in [0, 0.1) is 0 Å². The van der Waals surface area contributed by atoms with Crippen molar-refractivity contribution in [3.05, 3.63) is 47.2 Å². The van der Waals surface area contributed by atoms with Crippen molar-refractivity contribution in [1.29, 1.82) is 0 Å². The molecule has 0 bridgehead atoms. The molecule has 0 saturated carbocycles. The highest BCUT2D eigenvalue weighted by molar-refractivity contribution is 6.33. The van der Waals surface area contributed by atoms with Gasteiger partial charge in [-0.1, -0.05) is 23.7 Å². The summed E-state index contributed by atoms with van der Waals surface area (Å²) in [5.74, 6) is 0.635. The Morgan fingerprint density at radius 2 is 2.21 bits per heavy atom. The van der Waals surface area contributed by atoms with Gasteiger partial charge >= 0.3 is 0 Å². The van der Waals surface area contributed by atoms with Gasteiger partial charge < -0.3 is 15.2 Å². The van der Waals surface area contributed by atoms with Gasteiger partial charge in [0.05, 0.1) is 23.5 Å². The van der Waals surface area contributed by atoms with E-state index in [0.29, 0.717) is 23.9 Å². The van der Waals surface area contributed by atoms with Gasteiger partial charge in [-0.2, -0.15) is 0 Å². The van der Waals surface area contributed by atoms with Crippen molar-refractivity contribution < 1.29 is 9.84 Å². The van der Waals surface area contributed by atoms with E-state index in [0.717, 1.165) is 11.3 Å². The van der Waals surface area contributed by atoms with E-state index in [1.54, 1.807) is 24.5 Å². The van der Waals surface area contributed by atoms with Gasteiger partial charge in [-0.25, -0.2) is 0 Å². The van der Waals surface area contributed by atoms with Crippen molar-refractivity contribution >= 4 is 17.3 Å². The second-order valence-electron chi connectivity index (χ2n) is 3.91. The first-order chi connectivity index (χ1) is 9.22. The number of para-hydroxylation sites is 1. The Balaban J connectivity index is 2.12. The zero-order chi connectivity index (χ0) is 13.7. The molecule has 2 rings (SSSR count). The lowest BCUT2D eigenvalue weighted by molar-refractivity contribution is 0.317. The lowest BCUT2D eigenvalue weighted by Gasteiger charge is -2.12. The maximum atomic E-state index is 10.1. The van der Waals surface area contributed by atoms with E-state index >= 15 is 0 Å². The van der Waals surface area contributed by atoms with Crippen molar-refractivity contribution in [2.75, 3.05) is 11.9 Å². The van der Waals surface area contributed by atoms with Crippen LogP contribution in [0.25, 0.3) is 0 Å². The zero-order valence-corrected chi connectivity index (χ0v) is 11.3. The minimum absolute atomic E-state index is 0.150. The van der Waals surface area contributed by atoms with Crippen LogP contribution in [0.4, 0.5) is 5.69 Å². The number of pyridine rings is 1. The summed E-state index contributed by atoms with van der Waals surface area (Å²) >= 11 is 6.02. The maximum Gasteiger partial charge on any atom is 0.162 e. The Morgan fingerprint density at radius 1 is 1.37 bits per heavy atom. The third kappa shape index (κ3) is 3.29. The summed E-state index contributed by atoms with van der Waals surface area (Å²) in [6, 6.07) is 7.11. The van der Waals surface area contributed by atoms with Crippen molar-refractivity contribution in [2.45, 2.75) is 13.5 Å². The number of benzene rings is 1. The van der Waals surface area contributed by atoms with Crippen molar-refractivity contribution in [1.82, 2.24) is 4.98 Å². The molecular formula is C14H15ClN2O2. The summed E-state index contributed by atoms with van der Waals surface area (Å²) in [5, 5.41) is 13.8. The number of rotatable bonds is 5. The van der Waals surface area contributed by atoms with Gasteiger partial charge in [0.25, 0.3) is 0 Å². The molecule has 1 aromatic carbocycles. The molecule has 2 N–H and O–H groups in total. The SMILES string of the molecule is CCOc1cccc(CNc2cnccc2Cl)c1O. The number of aromatic nitrogens is 1. The molecule has 1 heterocycles. The van der Waals surface area contributed by atoms with Crippen LogP contribution in [0.2, 0.25) is 5.02 Å². The highest BCUT2D eigenvalue weighted by Crippen LogP contribution is 2.30. The van der Waals surface area contributed by atoms with Crippen LogP contribution in [0.5, 0.6) is 11.5 Å². The average Bonchev–Trinajstić information content (AvgIpc) is 2.42. The van der Waals surface area contributed by atoms with Gasteiger partial charge in [-0.05, 0) is 19.1 Å². The van der Waals surface area contributed by atoms with E-state index in [4.69, 9.17) is 16.3 Å². The highest BCUT2D eigenvalue weighted by Gasteiger charge is 2.08. The lowest BCUT2D eigenvalue weighted by atomic mass is 10.2. The molecule has 19 heavy (non-hydrogen) atoms. The second-order valence-corrected chi connectivity index (χ2v) is 4.31. The molecule has 0 fully saturated rings. The van der Waals surface area contributed by atoms with Crippen molar-refractivity contribution in [3.63, 3.8) is 0 Å². The first-order valence-electron chi connectivity index (χ1n) is 5.99. The maximum absolute atomic E-state index is 10.1. The predicted molar refractivity (Wildman–Crippen MR) is 75.8 cm³/mol. The molecule has 0 saturated heterocycles. The summed E-state index contributed by atoms with van der Waals surface area (Å²) < 4.78 is 5.34. The van der Waals surface area contributed by atoms with Gasteiger partial charge in [0.15, 0.2) is 11.5 Å². The Morgan fingerprint density at radius 3 is 2.95 bits per heavy atom. The summed E-state index contributed by atoms with van der Waals surface area (Å²) in [7, 11) is 0. The Hall–Kier alpha value is -1.94. The van der Waals surface area contributed by atoms with E-state index < -0.39 is 0 Å². The average molecular weight is 279 g/mol. The normalized spacial score (nSPS) is 10.2. The van der Waals surface area contributed by atoms with Gasteiger partial charge in [-0.15, -0.1) is 0 Å². The van der Waals surface area contributed by atoms with E-state index in [-0.39, 0.29) is 5.75 Å². The van der Waals surface area contributed by atoms with Crippen molar-refractivity contribution in [3.8, 4) is 11.5 Å². The van der Waals surface area contributed by atoms with Crippen LogP contribution in [0.15, 0.2) is 36.7 Å². The Labute approximate surface area is 117 Å². The molecule has 0 unspecified atom stereocenters. The monoisotopic (exact) mass is 278 g/mol. The van der Waals surface area contributed by atoms with Gasteiger partial charge in [0.2, 0.25) is 0 Å². The third-order valence-electron chi connectivity index (χ3n) is 2.62. The fourth-order valence-corrected chi connectivity index (χ4v) is 1.85. The minimum Gasteiger partial charge on any atom is -0.504 e.